The van der Waals surface area contributed by atoms with Gasteiger partial charge in [0.25, 0.3) is 0 Å². The van der Waals surface area contributed by atoms with Gasteiger partial charge >= 0.3 is 0 Å². The summed E-state index contributed by atoms with van der Waals surface area (Å²) in [5, 5.41) is 3.27. The van der Waals surface area contributed by atoms with Crippen LogP contribution < -0.4 is 4.90 Å². The van der Waals surface area contributed by atoms with Crippen LogP contribution in [0, 0.1) is 13.8 Å². The maximum absolute atomic E-state index is 13.3. The van der Waals surface area contributed by atoms with E-state index in [0.717, 1.165) is 37.4 Å². The molecule has 0 bridgehead atoms. The Morgan fingerprint density at radius 3 is 2.52 bits per heavy atom. The second-order valence-electron chi connectivity index (χ2n) is 8.31. The smallest absolute Gasteiger partial charge is 0.242 e. The first kappa shape index (κ1) is 19.9. The zero-order valence-electron chi connectivity index (χ0n) is 18.0. The van der Waals surface area contributed by atoms with Crippen molar-refractivity contribution >= 4 is 33.8 Å². The normalized spacial score (nSPS) is 14.4. The lowest BCUT2D eigenvalue weighted by Gasteiger charge is -2.37. The number of anilines is 1. The Kier molecular flexibility index (Phi) is 5.28. The van der Waals surface area contributed by atoms with Gasteiger partial charge in [-0.3, -0.25) is 4.79 Å². The molecule has 0 spiro atoms. The molecule has 5 heteroatoms. The summed E-state index contributed by atoms with van der Waals surface area (Å²) in [6.45, 7) is 7.95. The summed E-state index contributed by atoms with van der Waals surface area (Å²) in [6, 6.07) is 21.3. The molecule has 0 unspecified atom stereocenters. The number of amides is 1. The molecule has 1 aliphatic rings. The highest BCUT2D eigenvalue weighted by molar-refractivity contribution is 7.13. The van der Waals surface area contributed by atoms with Gasteiger partial charge in [-0.25, -0.2) is 0 Å². The Morgan fingerprint density at radius 1 is 0.935 bits per heavy atom. The number of para-hydroxylation sites is 1. The monoisotopic (exact) mass is 429 g/mol. The van der Waals surface area contributed by atoms with Crippen molar-refractivity contribution in [2.24, 2.45) is 0 Å². The molecule has 0 aliphatic carbocycles. The molecule has 0 atom stereocenters. The minimum Gasteiger partial charge on any atom is -0.368 e. The van der Waals surface area contributed by atoms with E-state index in [0.29, 0.717) is 6.54 Å². The van der Waals surface area contributed by atoms with Crippen molar-refractivity contribution in [3.8, 4) is 10.6 Å². The van der Waals surface area contributed by atoms with Crippen molar-refractivity contribution in [2.75, 3.05) is 31.1 Å². The predicted molar refractivity (Wildman–Crippen MR) is 130 cm³/mol. The fourth-order valence-corrected chi connectivity index (χ4v) is 5.25. The van der Waals surface area contributed by atoms with Gasteiger partial charge in [0.05, 0.1) is 10.6 Å². The summed E-state index contributed by atoms with van der Waals surface area (Å²) in [5.74, 6) is 0.194. The lowest BCUT2D eigenvalue weighted by atomic mass is 10.1. The largest absolute Gasteiger partial charge is 0.368 e. The molecular weight excluding hydrogens is 402 g/mol. The minimum atomic E-state index is 0.194. The van der Waals surface area contributed by atoms with Gasteiger partial charge in [-0.1, -0.05) is 36.4 Å². The molecule has 1 aliphatic heterocycles. The van der Waals surface area contributed by atoms with Crippen molar-refractivity contribution in [3.05, 3.63) is 77.2 Å². The lowest BCUT2D eigenvalue weighted by molar-refractivity contribution is -0.132. The molecule has 2 aromatic heterocycles. The molecule has 0 saturated carbocycles. The number of benzene rings is 2. The maximum Gasteiger partial charge on any atom is 0.242 e. The first-order valence-corrected chi connectivity index (χ1v) is 11.7. The van der Waals surface area contributed by atoms with E-state index in [1.807, 2.05) is 11.0 Å². The molecule has 158 valence electrons. The van der Waals surface area contributed by atoms with E-state index < -0.39 is 0 Å². The zero-order chi connectivity index (χ0) is 21.4. The van der Waals surface area contributed by atoms with Crippen LogP contribution in [0.3, 0.4) is 0 Å². The van der Waals surface area contributed by atoms with Crippen LogP contribution in [0.4, 0.5) is 5.69 Å². The number of thiophene rings is 1. The van der Waals surface area contributed by atoms with Crippen LogP contribution in [-0.2, 0) is 11.3 Å². The van der Waals surface area contributed by atoms with Gasteiger partial charge in [-0.15, -0.1) is 11.3 Å². The molecule has 4 aromatic rings. The summed E-state index contributed by atoms with van der Waals surface area (Å²) < 4.78 is 2.18. The van der Waals surface area contributed by atoms with Crippen molar-refractivity contribution in [2.45, 2.75) is 20.4 Å². The van der Waals surface area contributed by atoms with Crippen LogP contribution in [0.2, 0.25) is 0 Å². The molecule has 3 heterocycles. The molecule has 1 saturated heterocycles. The van der Waals surface area contributed by atoms with Crippen LogP contribution in [0.1, 0.15) is 11.1 Å². The topological polar surface area (TPSA) is 28.5 Å². The molecular formula is C26H27N3OS. The van der Waals surface area contributed by atoms with E-state index in [2.05, 4.69) is 83.3 Å². The number of carbonyl (C=O) groups excluding carboxylic acids is 1. The number of hydrogen-bond acceptors (Lipinski definition) is 3. The highest BCUT2D eigenvalue weighted by Gasteiger charge is 2.23. The second kappa shape index (κ2) is 8.23. The molecule has 1 fully saturated rings. The van der Waals surface area contributed by atoms with Crippen molar-refractivity contribution in [1.29, 1.82) is 0 Å². The van der Waals surface area contributed by atoms with Gasteiger partial charge in [0.2, 0.25) is 5.91 Å². The summed E-state index contributed by atoms with van der Waals surface area (Å²) in [4.78, 5) is 18.9. The maximum atomic E-state index is 13.3. The van der Waals surface area contributed by atoms with Gasteiger partial charge in [0, 0.05) is 42.8 Å². The summed E-state index contributed by atoms with van der Waals surface area (Å²) in [5.41, 5.74) is 6.11. The van der Waals surface area contributed by atoms with Crippen LogP contribution >= 0.6 is 11.3 Å². The third-order valence-electron chi connectivity index (χ3n) is 6.22. The quantitative estimate of drug-likeness (QED) is 0.438. The van der Waals surface area contributed by atoms with Gasteiger partial charge in [0.15, 0.2) is 0 Å². The van der Waals surface area contributed by atoms with Crippen LogP contribution in [-0.4, -0.2) is 41.6 Å². The fourth-order valence-electron chi connectivity index (χ4n) is 4.50. The van der Waals surface area contributed by atoms with E-state index >= 15 is 0 Å². The van der Waals surface area contributed by atoms with E-state index in [4.69, 9.17) is 0 Å². The predicted octanol–water partition coefficient (Wildman–Crippen LogP) is 5.34. The molecule has 5 rings (SSSR count). The van der Waals surface area contributed by atoms with Gasteiger partial charge in [0.1, 0.15) is 6.54 Å². The van der Waals surface area contributed by atoms with Crippen LogP contribution in [0.25, 0.3) is 21.5 Å². The summed E-state index contributed by atoms with van der Waals surface area (Å²) >= 11 is 1.72. The summed E-state index contributed by atoms with van der Waals surface area (Å²) in [7, 11) is 0. The van der Waals surface area contributed by atoms with Gasteiger partial charge in [-0.2, -0.15) is 0 Å². The Balaban J connectivity index is 1.34. The highest BCUT2D eigenvalue weighted by atomic mass is 32.1. The Bertz CT molecular complexity index is 1220. The number of rotatable bonds is 4. The number of piperazine rings is 1. The third kappa shape index (κ3) is 3.86. The number of nitrogens with zero attached hydrogens (tertiary/aromatic N) is 3. The Labute approximate surface area is 187 Å². The second-order valence-corrected chi connectivity index (χ2v) is 9.26. The standard InChI is InChI=1S/C26H27N3OS/c1-19-9-10-20(2)23(16-19)27-11-13-28(14-12-27)26(30)18-29-22-7-4-3-6-21(22)17-24(29)25-8-5-15-31-25/h3-10,15-17H,11-14,18H2,1-2H3. The van der Waals surface area contributed by atoms with Crippen LogP contribution in [0.15, 0.2) is 66.0 Å². The number of aromatic nitrogens is 1. The molecule has 1 amide bonds. The van der Waals surface area contributed by atoms with E-state index in [-0.39, 0.29) is 5.91 Å². The molecule has 0 N–H and O–H groups in total. The van der Waals surface area contributed by atoms with Crippen LogP contribution in [0.5, 0.6) is 0 Å². The Morgan fingerprint density at radius 2 is 1.74 bits per heavy atom. The average molecular weight is 430 g/mol. The number of carbonyl (C=O) groups is 1. The highest BCUT2D eigenvalue weighted by Crippen LogP contribution is 2.31. The molecule has 0 radical (unpaired) electrons. The Hall–Kier alpha value is -3.05. The number of aryl methyl sites for hydroxylation is 2. The summed E-state index contributed by atoms with van der Waals surface area (Å²) in [6.07, 6.45) is 0. The molecule has 2 aromatic carbocycles. The van der Waals surface area contributed by atoms with E-state index in [1.165, 1.54) is 27.1 Å². The van der Waals surface area contributed by atoms with E-state index in [1.54, 1.807) is 11.3 Å². The molecule has 31 heavy (non-hydrogen) atoms. The average Bonchev–Trinajstić information content (AvgIpc) is 3.44. The number of fused-ring (bicyclic) bond motifs is 1. The van der Waals surface area contributed by atoms with Crippen molar-refractivity contribution < 1.29 is 4.79 Å². The minimum absolute atomic E-state index is 0.194. The third-order valence-corrected chi connectivity index (χ3v) is 7.11. The van der Waals surface area contributed by atoms with Crippen molar-refractivity contribution in [3.63, 3.8) is 0 Å². The first-order chi connectivity index (χ1) is 15.1. The first-order valence-electron chi connectivity index (χ1n) is 10.8. The van der Waals surface area contributed by atoms with Gasteiger partial charge in [-0.05, 0) is 54.6 Å². The number of hydrogen-bond donors (Lipinski definition) is 0. The molecule has 4 nitrogen and oxygen atoms in total. The van der Waals surface area contributed by atoms with E-state index in [9.17, 15) is 4.79 Å². The zero-order valence-corrected chi connectivity index (χ0v) is 18.9. The van der Waals surface area contributed by atoms with Crippen molar-refractivity contribution in [1.82, 2.24) is 9.47 Å². The van der Waals surface area contributed by atoms with Gasteiger partial charge < -0.3 is 14.4 Å². The lowest BCUT2D eigenvalue weighted by Crippen LogP contribution is -2.49. The SMILES string of the molecule is Cc1ccc(C)c(N2CCN(C(=O)Cn3c(-c4cccs4)cc4ccccc43)CC2)c1. The fraction of sp³-hybridized carbons (Fsp3) is 0.269.